The van der Waals surface area contributed by atoms with Gasteiger partial charge in [0.1, 0.15) is 0 Å². The highest BCUT2D eigenvalue weighted by Crippen LogP contribution is 2.16. The molecule has 1 aromatic heterocycles. The van der Waals surface area contributed by atoms with Gasteiger partial charge < -0.3 is 15.9 Å². The number of aromatic nitrogens is 1. The first-order valence-corrected chi connectivity index (χ1v) is 4.21. The van der Waals surface area contributed by atoms with Crippen molar-refractivity contribution in [2.24, 2.45) is 5.73 Å². The molecule has 14 heavy (non-hydrogen) atoms. The van der Waals surface area contributed by atoms with Crippen LogP contribution in [-0.4, -0.2) is 27.8 Å². The van der Waals surface area contributed by atoms with Crippen LogP contribution in [0.25, 0.3) is 0 Å². The number of rotatable bonds is 4. The highest BCUT2D eigenvalue weighted by Gasteiger charge is 2.15. The lowest BCUT2D eigenvalue weighted by Gasteiger charge is -2.11. The summed E-state index contributed by atoms with van der Waals surface area (Å²) in [7, 11) is 0. The minimum atomic E-state index is -1.10. The van der Waals surface area contributed by atoms with E-state index in [1.807, 2.05) is 0 Å². The van der Waals surface area contributed by atoms with Crippen LogP contribution >= 0.6 is 0 Å². The minimum absolute atomic E-state index is 0.0477. The predicted octanol–water partition coefficient (Wildman–Crippen LogP) is 0.162. The summed E-state index contributed by atoms with van der Waals surface area (Å²) in [4.78, 5) is 14.5. The summed E-state index contributed by atoms with van der Waals surface area (Å²) in [6.07, 6.45) is 1.73. The molecule has 76 valence electrons. The van der Waals surface area contributed by atoms with Crippen LogP contribution in [0.2, 0.25) is 0 Å². The van der Waals surface area contributed by atoms with Crippen molar-refractivity contribution in [2.45, 2.75) is 12.5 Å². The van der Waals surface area contributed by atoms with Gasteiger partial charge in [0.2, 0.25) is 0 Å². The van der Waals surface area contributed by atoms with Crippen LogP contribution in [0, 0.1) is 0 Å². The maximum absolute atomic E-state index is 10.7. The molecule has 0 unspecified atom stereocenters. The summed E-state index contributed by atoms with van der Waals surface area (Å²) in [5.41, 5.74) is 6.09. The average molecular weight is 196 g/mol. The number of carbonyl (C=O) groups is 1. The zero-order valence-electron chi connectivity index (χ0n) is 7.55. The standard InChI is InChI=1S/C9H12N2O3/c10-7(3-5-12)6-2-1-4-11-8(6)9(13)14/h1-2,4,7,12H,3,5,10H2,(H,13,14)/t7-/m0/s1. The first-order chi connectivity index (χ1) is 6.66. The number of nitrogens with two attached hydrogens (primary N) is 1. The second kappa shape index (κ2) is 4.69. The topological polar surface area (TPSA) is 96.4 Å². The van der Waals surface area contributed by atoms with Crippen molar-refractivity contribution in [3.05, 3.63) is 29.6 Å². The summed E-state index contributed by atoms with van der Waals surface area (Å²) in [5, 5.41) is 17.5. The van der Waals surface area contributed by atoms with Gasteiger partial charge in [-0.15, -0.1) is 0 Å². The molecule has 4 N–H and O–H groups in total. The Labute approximate surface area is 81.2 Å². The molecule has 0 radical (unpaired) electrons. The van der Waals surface area contributed by atoms with Crippen LogP contribution in [0.5, 0.6) is 0 Å². The number of aliphatic hydroxyl groups is 1. The highest BCUT2D eigenvalue weighted by molar-refractivity contribution is 5.87. The van der Waals surface area contributed by atoms with Crippen molar-refractivity contribution < 1.29 is 15.0 Å². The number of aliphatic hydroxyl groups excluding tert-OH is 1. The summed E-state index contributed by atoms with van der Waals surface area (Å²) in [6, 6.07) is 2.75. The lowest BCUT2D eigenvalue weighted by Crippen LogP contribution is -2.17. The molecule has 0 amide bonds. The highest BCUT2D eigenvalue weighted by atomic mass is 16.4. The van der Waals surface area contributed by atoms with Crippen molar-refractivity contribution in [3.8, 4) is 0 Å². The van der Waals surface area contributed by atoms with Gasteiger partial charge in [0.15, 0.2) is 5.69 Å². The molecule has 1 heterocycles. The third-order valence-electron chi connectivity index (χ3n) is 1.88. The third kappa shape index (κ3) is 2.27. The van der Waals surface area contributed by atoms with Crippen molar-refractivity contribution in [3.63, 3.8) is 0 Å². The molecular formula is C9H12N2O3. The Hall–Kier alpha value is -1.46. The monoisotopic (exact) mass is 196 g/mol. The molecule has 1 atom stereocenters. The zero-order valence-corrected chi connectivity index (χ0v) is 7.55. The fraction of sp³-hybridized carbons (Fsp3) is 0.333. The molecule has 0 saturated carbocycles. The van der Waals surface area contributed by atoms with Crippen LogP contribution < -0.4 is 5.73 Å². The second-order valence-electron chi connectivity index (χ2n) is 2.87. The van der Waals surface area contributed by atoms with E-state index in [0.717, 1.165) is 0 Å². The molecular weight excluding hydrogens is 184 g/mol. The van der Waals surface area contributed by atoms with Crippen molar-refractivity contribution in [1.29, 1.82) is 0 Å². The van der Waals surface area contributed by atoms with E-state index in [4.69, 9.17) is 15.9 Å². The molecule has 1 rings (SSSR count). The number of nitrogens with zero attached hydrogens (tertiary/aromatic N) is 1. The molecule has 0 saturated heterocycles. The first kappa shape index (κ1) is 10.6. The molecule has 5 nitrogen and oxygen atoms in total. The molecule has 0 aliphatic rings. The van der Waals surface area contributed by atoms with E-state index in [9.17, 15) is 4.79 Å². The van der Waals surface area contributed by atoms with Crippen LogP contribution in [0.4, 0.5) is 0 Å². The van der Waals surface area contributed by atoms with E-state index in [-0.39, 0.29) is 12.3 Å². The number of hydrogen-bond acceptors (Lipinski definition) is 4. The Morgan fingerprint density at radius 2 is 2.36 bits per heavy atom. The Kier molecular flexibility index (Phi) is 3.55. The van der Waals surface area contributed by atoms with E-state index < -0.39 is 12.0 Å². The lowest BCUT2D eigenvalue weighted by molar-refractivity contribution is 0.0688. The van der Waals surface area contributed by atoms with Gasteiger partial charge >= 0.3 is 5.97 Å². The zero-order chi connectivity index (χ0) is 10.6. The second-order valence-corrected chi connectivity index (χ2v) is 2.87. The number of carboxylic acid groups (broad SMARTS) is 1. The fourth-order valence-electron chi connectivity index (χ4n) is 1.19. The van der Waals surface area contributed by atoms with Crippen LogP contribution in [0.3, 0.4) is 0 Å². The smallest absolute Gasteiger partial charge is 0.354 e. The Morgan fingerprint density at radius 1 is 1.64 bits per heavy atom. The normalized spacial score (nSPS) is 12.4. The van der Waals surface area contributed by atoms with Crippen molar-refractivity contribution in [1.82, 2.24) is 4.98 Å². The largest absolute Gasteiger partial charge is 0.477 e. The summed E-state index contributed by atoms with van der Waals surface area (Å²) in [5.74, 6) is -1.10. The van der Waals surface area contributed by atoms with Crippen LogP contribution in [0.15, 0.2) is 18.3 Å². The van der Waals surface area contributed by atoms with Gasteiger partial charge in [-0.2, -0.15) is 0 Å². The molecule has 0 aromatic carbocycles. The SMILES string of the molecule is N[C@@H](CCO)c1cccnc1C(=O)O. The molecule has 0 aliphatic carbocycles. The van der Waals surface area contributed by atoms with Gasteiger partial charge in [-0.3, -0.25) is 0 Å². The van der Waals surface area contributed by atoms with E-state index >= 15 is 0 Å². The van der Waals surface area contributed by atoms with E-state index in [0.29, 0.717) is 12.0 Å². The quantitative estimate of drug-likeness (QED) is 0.637. The van der Waals surface area contributed by atoms with Gasteiger partial charge in [0.25, 0.3) is 0 Å². The molecule has 1 aromatic rings. The maximum atomic E-state index is 10.7. The van der Waals surface area contributed by atoms with E-state index in [1.165, 1.54) is 6.20 Å². The van der Waals surface area contributed by atoms with Crippen LogP contribution in [-0.2, 0) is 0 Å². The Morgan fingerprint density at radius 3 is 2.93 bits per heavy atom. The number of carboxylic acids is 1. The van der Waals surface area contributed by atoms with Crippen molar-refractivity contribution in [2.75, 3.05) is 6.61 Å². The van der Waals surface area contributed by atoms with Gasteiger partial charge in [-0.05, 0) is 12.5 Å². The average Bonchev–Trinajstić information content (AvgIpc) is 2.18. The molecule has 5 heteroatoms. The number of hydrogen-bond donors (Lipinski definition) is 3. The summed E-state index contributed by atoms with van der Waals surface area (Å²) in [6.45, 7) is -0.0743. The third-order valence-corrected chi connectivity index (χ3v) is 1.88. The van der Waals surface area contributed by atoms with Crippen molar-refractivity contribution >= 4 is 5.97 Å². The van der Waals surface area contributed by atoms with Crippen LogP contribution in [0.1, 0.15) is 28.5 Å². The van der Waals surface area contributed by atoms with E-state index in [2.05, 4.69) is 4.98 Å². The molecule has 0 bridgehead atoms. The lowest BCUT2D eigenvalue weighted by atomic mass is 10.0. The summed E-state index contributed by atoms with van der Waals surface area (Å²) >= 11 is 0. The fourth-order valence-corrected chi connectivity index (χ4v) is 1.19. The summed E-state index contributed by atoms with van der Waals surface area (Å²) < 4.78 is 0. The number of pyridine rings is 1. The van der Waals surface area contributed by atoms with Gasteiger partial charge in [-0.25, -0.2) is 9.78 Å². The maximum Gasteiger partial charge on any atom is 0.354 e. The predicted molar refractivity (Wildman–Crippen MR) is 49.8 cm³/mol. The molecule has 0 spiro atoms. The van der Waals surface area contributed by atoms with Gasteiger partial charge in [0, 0.05) is 24.4 Å². The van der Waals surface area contributed by atoms with Gasteiger partial charge in [0.05, 0.1) is 0 Å². The van der Waals surface area contributed by atoms with E-state index in [1.54, 1.807) is 12.1 Å². The first-order valence-electron chi connectivity index (χ1n) is 4.21. The Balaban J connectivity index is 3.00. The molecule has 0 fully saturated rings. The minimum Gasteiger partial charge on any atom is -0.477 e. The Bertz CT molecular complexity index is 328. The molecule has 0 aliphatic heterocycles. The number of aromatic carboxylic acids is 1. The van der Waals surface area contributed by atoms with Gasteiger partial charge in [-0.1, -0.05) is 6.07 Å².